The van der Waals surface area contributed by atoms with Crippen molar-refractivity contribution in [2.75, 3.05) is 11.4 Å². The predicted molar refractivity (Wildman–Crippen MR) is 96.2 cm³/mol. The number of amides is 1. The fourth-order valence-electron chi connectivity index (χ4n) is 3.01. The molecule has 0 saturated heterocycles. The van der Waals surface area contributed by atoms with Gasteiger partial charge in [0.1, 0.15) is 0 Å². The van der Waals surface area contributed by atoms with Crippen molar-refractivity contribution in [3.8, 4) is 11.3 Å². The lowest BCUT2D eigenvalue weighted by Crippen LogP contribution is -2.36. The van der Waals surface area contributed by atoms with Gasteiger partial charge in [0.25, 0.3) is 5.91 Å². The summed E-state index contributed by atoms with van der Waals surface area (Å²) in [5.74, 6) is 0.250. The summed E-state index contributed by atoms with van der Waals surface area (Å²) in [6, 6.07) is 8.77. The van der Waals surface area contributed by atoms with Gasteiger partial charge in [0.05, 0.1) is 10.7 Å². The average molecular weight is 374 g/mol. The van der Waals surface area contributed by atoms with Gasteiger partial charge in [0.15, 0.2) is 11.5 Å². The molecule has 25 heavy (non-hydrogen) atoms. The summed E-state index contributed by atoms with van der Waals surface area (Å²) in [5.41, 5.74) is 2.66. The number of anilines is 1. The van der Waals surface area contributed by atoms with Gasteiger partial charge in [-0.05, 0) is 42.7 Å². The van der Waals surface area contributed by atoms with Crippen LogP contribution in [0.2, 0.25) is 10.0 Å². The van der Waals surface area contributed by atoms with E-state index in [1.54, 1.807) is 35.5 Å². The molecule has 3 aromatic rings. The molecule has 0 spiro atoms. The number of rotatable bonds is 2. The Kier molecular flexibility index (Phi) is 4.19. The quantitative estimate of drug-likeness (QED) is 0.656. The van der Waals surface area contributed by atoms with Crippen molar-refractivity contribution in [3.63, 3.8) is 0 Å². The second-order valence-electron chi connectivity index (χ2n) is 5.77. The van der Waals surface area contributed by atoms with Crippen LogP contribution in [0.15, 0.2) is 47.2 Å². The van der Waals surface area contributed by atoms with Crippen molar-refractivity contribution >= 4 is 34.8 Å². The van der Waals surface area contributed by atoms with E-state index in [1.165, 1.54) is 0 Å². The second-order valence-corrected chi connectivity index (χ2v) is 6.62. The van der Waals surface area contributed by atoms with Gasteiger partial charge in [-0.2, -0.15) is 0 Å². The zero-order valence-corrected chi connectivity index (χ0v) is 14.6. The molecule has 1 amide bonds. The molecule has 2 aromatic heterocycles. The van der Waals surface area contributed by atoms with E-state index >= 15 is 0 Å². The van der Waals surface area contributed by atoms with Gasteiger partial charge in [0.2, 0.25) is 0 Å². The Bertz CT molecular complexity index is 941. The van der Waals surface area contributed by atoms with Crippen molar-refractivity contribution < 1.29 is 9.32 Å². The highest BCUT2D eigenvalue weighted by molar-refractivity contribution is 6.37. The smallest absolute Gasteiger partial charge is 0.280 e. The first-order chi connectivity index (χ1) is 12.1. The predicted octanol–water partition coefficient (Wildman–Crippen LogP) is 4.64. The molecule has 0 radical (unpaired) electrons. The summed E-state index contributed by atoms with van der Waals surface area (Å²) in [4.78, 5) is 18.6. The maximum absolute atomic E-state index is 12.9. The Morgan fingerprint density at radius 1 is 1.24 bits per heavy atom. The summed E-state index contributed by atoms with van der Waals surface area (Å²) in [5, 5.41) is 4.96. The van der Waals surface area contributed by atoms with E-state index in [4.69, 9.17) is 27.7 Å². The minimum absolute atomic E-state index is 0.234. The second kappa shape index (κ2) is 6.50. The van der Waals surface area contributed by atoms with E-state index in [0.717, 1.165) is 24.0 Å². The number of fused-ring (bicyclic) bond motifs is 1. The van der Waals surface area contributed by atoms with Crippen LogP contribution in [0.25, 0.3) is 11.3 Å². The van der Waals surface area contributed by atoms with E-state index in [1.807, 2.05) is 12.1 Å². The Morgan fingerprint density at radius 3 is 2.92 bits per heavy atom. The summed E-state index contributed by atoms with van der Waals surface area (Å²) in [6.45, 7) is 0.572. The number of aromatic nitrogens is 2. The molecule has 0 aliphatic carbocycles. The third kappa shape index (κ3) is 3.01. The normalized spacial score (nSPS) is 13.6. The number of nitrogens with zero attached hydrogens (tertiary/aromatic N) is 3. The van der Waals surface area contributed by atoms with E-state index in [-0.39, 0.29) is 11.6 Å². The van der Waals surface area contributed by atoms with Crippen molar-refractivity contribution in [1.82, 2.24) is 10.1 Å². The molecule has 0 bridgehead atoms. The number of hydrogen-bond donors (Lipinski definition) is 0. The average Bonchev–Trinajstić information content (AvgIpc) is 3.11. The van der Waals surface area contributed by atoms with Gasteiger partial charge in [-0.15, -0.1) is 0 Å². The monoisotopic (exact) mass is 373 g/mol. The van der Waals surface area contributed by atoms with E-state index in [9.17, 15) is 4.79 Å². The van der Waals surface area contributed by atoms with E-state index in [2.05, 4.69) is 10.1 Å². The Balaban J connectivity index is 1.69. The van der Waals surface area contributed by atoms with Crippen molar-refractivity contribution in [3.05, 3.63) is 64.0 Å². The molecular formula is C18H13Cl2N3O2. The fourth-order valence-corrected chi connectivity index (χ4v) is 3.65. The third-order valence-corrected chi connectivity index (χ3v) is 4.63. The third-order valence-electron chi connectivity index (χ3n) is 4.13. The minimum atomic E-state index is -0.246. The van der Waals surface area contributed by atoms with Crippen LogP contribution in [-0.2, 0) is 6.42 Å². The lowest BCUT2D eigenvalue weighted by atomic mass is 10.0. The molecule has 0 unspecified atom stereocenters. The Hall–Kier alpha value is -2.37. The summed E-state index contributed by atoms with van der Waals surface area (Å²) in [7, 11) is 0. The molecule has 1 aliphatic heterocycles. The van der Waals surface area contributed by atoms with Crippen LogP contribution in [0.4, 0.5) is 5.69 Å². The van der Waals surface area contributed by atoms with Crippen LogP contribution in [0, 0.1) is 0 Å². The molecule has 126 valence electrons. The first-order valence-corrected chi connectivity index (χ1v) is 8.56. The first-order valence-electron chi connectivity index (χ1n) is 7.80. The molecule has 4 rings (SSSR count). The Morgan fingerprint density at radius 2 is 2.12 bits per heavy atom. The summed E-state index contributed by atoms with van der Waals surface area (Å²) >= 11 is 12.4. The number of aryl methyl sites for hydroxylation is 1. The highest BCUT2D eigenvalue weighted by atomic mass is 35.5. The lowest BCUT2D eigenvalue weighted by Gasteiger charge is -2.29. The fraction of sp³-hybridized carbons (Fsp3) is 0.167. The van der Waals surface area contributed by atoms with Crippen LogP contribution >= 0.6 is 23.2 Å². The SMILES string of the molecule is O=C(c1cc(-c2cccnc2)on1)N1CCCc2cc(Cl)cc(Cl)c21. The lowest BCUT2D eigenvalue weighted by molar-refractivity contribution is 0.0976. The standard InChI is InChI=1S/C18H13Cl2N3O2/c19-13-7-11-4-2-6-23(17(11)14(20)8-13)18(24)15-9-16(25-22-15)12-3-1-5-21-10-12/h1,3,5,7-10H,2,4,6H2. The number of carbonyl (C=O) groups is 1. The molecule has 1 aromatic carbocycles. The molecule has 0 N–H and O–H groups in total. The van der Waals surface area contributed by atoms with Crippen molar-refractivity contribution in [2.45, 2.75) is 12.8 Å². The molecule has 0 saturated carbocycles. The van der Waals surface area contributed by atoms with Gasteiger partial charge in [-0.3, -0.25) is 9.78 Å². The van der Waals surface area contributed by atoms with Crippen LogP contribution in [0.5, 0.6) is 0 Å². The van der Waals surface area contributed by atoms with Gasteiger partial charge in [-0.25, -0.2) is 0 Å². The van der Waals surface area contributed by atoms with Crippen LogP contribution in [-0.4, -0.2) is 22.6 Å². The van der Waals surface area contributed by atoms with Gasteiger partial charge < -0.3 is 9.42 Å². The molecule has 0 atom stereocenters. The van der Waals surface area contributed by atoms with Gasteiger partial charge in [0, 0.05) is 35.6 Å². The summed E-state index contributed by atoms with van der Waals surface area (Å²) < 4.78 is 5.31. The number of pyridine rings is 1. The number of carbonyl (C=O) groups excluding carboxylic acids is 1. The van der Waals surface area contributed by atoms with Gasteiger partial charge >= 0.3 is 0 Å². The molecule has 5 nitrogen and oxygen atoms in total. The Labute approximate surface area is 154 Å². The first kappa shape index (κ1) is 16.1. The molecule has 1 aliphatic rings. The maximum atomic E-state index is 12.9. The van der Waals surface area contributed by atoms with E-state index < -0.39 is 0 Å². The number of benzene rings is 1. The molecule has 0 fully saturated rings. The largest absolute Gasteiger partial charge is 0.355 e. The molecule has 3 heterocycles. The molecular weight excluding hydrogens is 361 g/mol. The minimum Gasteiger partial charge on any atom is -0.355 e. The zero-order valence-electron chi connectivity index (χ0n) is 13.1. The van der Waals surface area contributed by atoms with Crippen LogP contribution in [0.1, 0.15) is 22.5 Å². The van der Waals surface area contributed by atoms with Crippen LogP contribution in [0.3, 0.4) is 0 Å². The maximum Gasteiger partial charge on any atom is 0.280 e. The molecule has 7 heteroatoms. The number of halogens is 2. The van der Waals surface area contributed by atoms with Crippen molar-refractivity contribution in [1.29, 1.82) is 0 Å². The summed E-state index contributed by atoms with van der Waals surface area (Å²) in [6.07, 6.45) is 5.00. The van der Waals surface area contributed by atoms with E-state index in [0.29, 0.717) is 28.0 Å². The topological polar surface area (TPSA) is 59.2 Å². The highest BCUT2D eigenvalue weighted by Crippen LogP contribution is 2.37. The van der Waals surface area contributed by atoms with Gasteiger partial charge in [-0.1, -0.05) is 28.4 Å². The zero-order chi connectivity index (χ0) is 17.4. The highest BCUT2D eigenvalue weighted by Gasteiger charge is 2.28. The van der Waals surface area contributed by atoms with Crippen molar-refractivity contribution in [2.24, 2.45) is 0 Å². The van der Waals surface area contributed by atoms with Crippen LogP contribution < -0.4 is 4.90 Å². The number of hydrogen-bond acceptors (Lipinski definition) is 4.